The molecule has 2 rings (SSSR count). The van der Waals surface area contributed by atoms with E-state index in [0.717, 1.165) is 22.5 Å². The predicted molar refractivity (Wildman–Crippen MR) is 67.9 cm³/mol. The summed E-state index contributed by atoms with van der Waals surface area (Å²) in [6, 6.07) is 5.16. The van der Waals surface area contributed by atoms with Gasteiger partial charge in [-0.2, -0.15) is 0 Å². The summed E-state index contributed by atoms with van der Waals surface area (Å²) in [7, 11) is 0. The molecule has 0 aliphatic heterocycles. The van der Waals surface area contributed by atoms with Gasteiger partial charge in [0.15, 0.2) is 0 Å². The molecule has 0 aromatic heterocycles. The van der Waals surface area contributed by atoms with E-state index in [0.29, 0.717) is 0 Å². The van der Waals surface area contributed by atoms with Gasteiger partial charge in [-0.1, -0.05) is 28.4 Å². The van der Waals surface area contributed by atoms with Crippen LogP contribution in [0.25, 0.3) is 0 Å². The third kappa shape index (κ3) is 2.83. The van der Waals surface area contributed by atoms with Crippen LogP contribution >= 0.6 is 15.9 Å². The minimum absolute atomic E-state index is 0.193. The summed E-state index contributed by atoms with van der Waals surface area (Å²) in [5.74, 6) is 0.656. The van der Waals surface area contributed by atoms with Gasteiger partial charge in [0.1, 0.15) is 5.82 Å². The van der Waals surface area contributed by atoms with Gasteiger partial charge in [0.2, 0.25) is 0 Å². The van der Waals surface area contributed by atoms with Crippen molar-refractivity contribution in [2.75, 3.05) is 6.54 Å². The summed E-state index contributed by atoms with van der Waals surface area (Å²) in [4.78, 5) is 0. The topological polar surface area (TPSA) is 12.0 Å². The van der Waals surface area contributed by atoms with Gasteiger partial charge in [-0.3, -0.25) is 0 Å². The molecule has 16 heavy (non-hydrogen) atoms. The highest BCUT2D eigenvalue weighted by Crippen LogP contribution is 2.28. The summed E-state index contributed by atoms with van der Waals surface area (Å²) in [6.07, 6.45) is 4.08. The van der Waals surface area contributed by atoms with Crippen molar-refractivity contribution in [1.82, 2.24) is 5.32 Å². The van der Waals surface area contributed by atoms with Crippen molar-refractivity contribution in [2.45, 2.75) is 32.2 Å². The van der Waals surface area contributed by atoms with Crippen LogP contribution in [0.4, 0.5) is 4.39 Å². The standard InChI is InChI=1S/C13H17BrFN/c1-9(16-8-10-3-2-4-10)12-6-5-11(15)7-13(12)14/h5-7,9-10,16H,2-4,8H2,1H3. The monoisotopic (exact) mass is 285 g/mol. The van der Waals surface area contributed by atoms with Gasteiger partial charge in [0.05, 0.1) is 0 Å². The molecule has 0 amide bonds. The Kier molecular flexibility index (Phi) is 3.98. The Balaban J connectivity index is 1.93. The molecule has 0 spiro atoms. The zero-order chi connectivity index (χ0) is 11.5. The Labute approximate surface area is 105 Å². The second-order valence-electron chi connectivity index (χ2n) is 4.59. The summed E-state index contributed by atoms with van der Waals surface area (Å²) in [5.41, 5.74) is 1.13. The first-order valence-electron chi connectivity index (χ1n) is 5.85. The van der Waals surface area contributed by atoms with Crippen molar-refractivity contribution in [3.05, 3.63) is 34.1 Å². The van der Waals surface area contributed by atoms with E-state index in [4.69, 9.17) is 0 Å². The molecule has 0 bridgehead atoms. The maximum absolute atomic E-state index is 12.9. The maximum Gasteiger partial charge on any atom is 0.124 e. The lowest BCUT2D eigenvalue weighted by molar-refractivity contribution is 0.292. The second kappa shape index (κ2) is 5.28. The Hall–Kier alpha value is -0.410. The number of hydrogen-bond acceptors (Lipinski definition) is 1. The van der Waals surface area contributed by atoms with Crippen LogP contribution in [0.2, 0.25) is 0 Å². The zero-order valence-electron chi connectivity index (χ0n) is 9.47. The fourth-order valence-corrected chi connectivity index (χ4v) is 2.70. The SMILES string of the molecule is CC(NCC1CCC1)c1ccc(F)cc1Br. The lowest BCUT2D eigenvalue weighted by atomic mass is 9.85. The van der Waals surface area contributed by atoms with Crippen molar-refractivity contribution < 1.29 is 4.39 Å². The van der Waals surface area contributed by atoms with Gasteiger partial charge >= 0.3 is 0 Å². The molecule has 1 saturated carbocycles. The third-order valence-corrected chi connectivity index (χ3v) is 4.05. The molecule has 1 aromatic carbocycles. The molecule has 1 nitrogen and oxygen atoms in total. The van der Waals surface area contributed by atoms with Crippen LogP contribution in [-0.4, -0.2) is 6.54 Å². The predicted octanol–water partition coefficient (Wildman–Crippen LogP) is 4.04. The quantitative estimate of drug-likeness (QED) is 0.881. The minimum Gasteiger partial charge on any atom is -0.310 e. The van der Waals surface area contributed by atoms with Crippen LogP contribution in [0.1, 0.15) is 37.8 Å². The van der Waals surface area contributed by atoms with Crippen LogP contribution in [-0.2, 0) is 0 Å². The van der Waals surface area contributed by atoms with Crippen molar-refractivity contribution in [3.63, 3.8) is 0 Å². The molecule has 3 heteroatoms. The Morgan fingerprint density at radius 1 is 1.50 bits per heavy atom. The molecule has 1 aliphatic rings. The third-order valence-electron chi connectivity index (χ3n) is 3.37. The zero-order valence-corrected chi connectivity index (χ0v) is 11.1. The van der Waals surface area contributed by atoms with Crippen LogP contribution < -0.4 is 5.32 Å². The van der Waals surface area contributed by atoms with E-state index < -0.39 is 0 Å². The molecular weight excluding hydrogens is 269 g/mol. The van der Waals surface area contributed by atoms with Crippen LogP contribution in [0.3, 0.4) is 0 Å². The van der Waals surface area contributed by atoms with Crippen LogP contribution in [0, 0.1) is 11.7 Å². The fourth-order valence-electron chi connectivity index (χ4n) is 2.00. The highest BCUT2D eigenvalue weighted by molar-refractivity contribution is 9.10. The van der Waals surface area contributed by atoms with Crippen molar-refractivity contribution in [1.29, 1.82) is 0 Å². The Morgan fingerprint density at radius 2 is 2.25 bits per heavy atom. The van der Waals surface area contributed by atoms with Gasteiger partial charge in [0, 0.05) is 10.5 Å². The molecular formula is C13H17BrFN. The molecule has 88 valence electrons. The van der Waals surface area contributed by atoms with E-state index in [1.807, 2.05) is 6.07 Å². The number of benzene rings is 1. The van der Waals surface area contributed by atoms with E-state index in [1.54, 1.807) is 0 Å². The Bertz CT molecular complexity index is 363. The summed E-state index contributed by atoms with van der Waals surface area (Å²) < 4.78 is 13.8. The smallest absolute Gasteiger partial charge is 0.124 e. The molecule has 1 N–H and O–H groups in total. The van der Waals surface area contributed by atoms with E-state index in [1.165, 1.54) is 31.4 Å². The first-order valence-corrected chi connectivity index (χ1v) is 6.64. The molecule has 0 radical (unpaired) electrons. The number of hydrogen-bond donors (Lipinski definition) is 1. The molecule has 0 saturated heterocycles. The summed E-state index contributed by atoms with van der Waals surface area (Å²) in [6.45, 7) is 3.20. The largest absolute Gasteiger partial charge is 0.310 e. The number of halogens is 2. The van der Waals surface area contributed by atoms with Crippen LogP contribution in [0.5, 0.6) is 0 Å². The van der Waals surface area contributed by atoms with E-state index >= 15 is 0 Å². The van der Waals surface area contributed by atoms with Gasteiger partial charge in [-0.25, -0.2) is 4.39 Å². The average Bonchev–Trinajstić information content (AvgIpc) is 2.14. The van der Waals surface area contributed by atoms with Gasteiger partial charge in [-0.05, 0) is 49.9 Å². The fraction of sp³-hybridized carbons (Fsp3) is 0.538. The molecule has 1 fully saturated rings. The van der Waals surface area contributed by atoms with Gasteiger partial charge in [0.25, 0.3) is 0 Å². The average molecular weight is 286 g/mol. The van der Waals surface area contributed by atoms with Gasteiger partial charge < -0.3 is 5.32 Å². The number of rotatable bonds is 4. The van der Waals surface area contributed by atoms with E-state index in [-0.39, 0.29) is 11.9 Å². The van der Waals surface area contributed by atoms with Crippen molar-refractivity contribution >= 4 is 15.9 Å². The van der Waals surface area contributed by atoms with Crippen molar-refractivity contribution in [3.8, 4) is 0 Å². The lowest BCUT2D eigenvalue weighted by Gasteiger charge is -2.27. The van der Waals surface area contributed by atoms with E-state index in [2.05, 4.69) is 28.2 Å². The summed E-state index contributed by atoms with van der Waals surface area (Å²) >= 11 is 3.41. The first kappa shape index (κ1) is 12.1. The summed E-state index contributed by atoms with van der Waals surface area (Å²) in [5, 5.41) is 3.51. The number of nitrogens with one attached hydrogen (secondary N) is 1. The molecule has 1 unspecified atom stereocenters. The van der Waals surface area contributed by atoms with Crippen LogP contribution in [0.15, 0.2) is 22.7 Å². The maximum atomic E-state index is 12.9. The molecule has 1 aromatic rings. The normalized spacial score (nSPS) is 18.2. The van der Waals surface area contributed by atoms with Gasteiger partial charge in [-0.15, -0.1) is 0 Å². The second-order valence-corrected chi connectivity index (χ2v) is 5.45. The lowest BCUT2D eigenvalue weighted by Crippen LogP contribution is -2.29. The first-order chi connectivity index (χ1) is 7.66. The highest BCUT2D eigenvalue weighted by atomic mass is 79.9. The minimum atomic E-state index is -0.193. The molecule has 0 heterocycles. The molecule has 1 aliphatic carbocycles. The highest BCUT2D eigenvalue weighted by Gasteiger charge is 2.18. The van der Waals surface area contributed by atoms with E-state index in [9.17, 15) is 4.39 Å². The Morgan fingerprint density at radius 3 is 2.81 bits per heavy atom. The molecule has 1 atom stereocenters. The van der Waals surface area contributed by atoms with Crippen molar-refractivity contribution in [2.24, 2.45) is 5.92 Å².